The summed E-state index contributed by atoms with van der Waals surface area (Å²) >= 11 is 6.05. The molecule has 6 nitrogen and oxygen atoms in total. The molecule has 1 unspecified atom stereocenters. The van der Waals surface area contributed by atoms with E-state index in [1.54, 1.807) is 23.1 Å². The van der Waals surface area contributed by atoms with E-state index in [2.05, 4.69) is 5.32 Å². The number of likely N-dealkylation sites (tertiary alicyclic amines) is 1. The van der Waals surface area contributed by atoms with Crippen molar-refractivity contribution in [1.29, 1.82) is 0 Å². The highest BCUT2D eigenvalue weighted by Crippen LogP contribution is 2.28. The normalized spacial score (nSPS) is 19.3. The van der Waals surface area contributed by atoms with Crippen LogP contribution in [-0.2, 0) is 20.8 Å². The highest BCUT2D eigenvalue weighted by Gasteiger charge is 2.38. The summed E-state index contributed by atoms with van der Waals surface area (Å²) in [5, 5.41) is 3.67. The maximum atomic E-state index is 13.0. The highest BCUT2D eigenvalue weighted by atomic mass is 35.5. The third-order valence-corrected chi connectivity index (χ3v) is 6.48. The van der Waals surface area contributed by atoms with E-state index in [4.69, 9.17) is 11.6 Å². The molecule has 7 heteroatoms. The second-order valence-corrected chi connectivity index (χ2v) is 8.97. The van der Waals surface area contributed by atoms with Gasteiger partial charge in [-0.1, -0.05) is 48.0 Å². The molecule has 3 amide bonds. The van der Waals surface area contributed by atoms with Crippen LogP contribution in [0.1, 0.15) is 31.2 Å². The number of carbonyl (C=O) groups excluding carboxylic acids is 3. The van der Waals surface area contributed by atoms with Gasteiger partial charge in [0.2, 0.25) is 17.7 Å². The predicted octanol–water partition coefficient (Wildman–Crippen LogP) is 3.43. The first kappa shape index (κ1) is 22.3. The maximum Gasteiger partial charge on any atom is 0.228 e. The first-order valence-corrected chi connectivity index (χ1v) is 11.6. The molecular formula is C25H28ClN3O3. The van der Waals surface area contributed by atoms with Crippen LogP contribution in [0.15, 0.2) is 54.6 Å². The lowest BCUT2D eigenvalue weighted by atomic mass is 10.0. The maximum absolute atomic E-state index is 13.0. The Bertz CT molecular complexity index is 973. The minimum Gasteiger partial charge on any atom is -0.353 e. The number of amides is 3. The lowest BCUT2D eigenvalue weighted by Crippen LogP contribution is -2.48. The van der Waals surface area contributed by atoms with E-state index in [9.17, 15) is 14.4 Å². The molecule has 2 saturated heterocycles. The highest BCUT2D eigenvalue weighted by molar-refractivity contribution is 6.31. The van der Waals surface area contributed by atoms with E-state index in [1.807, 2.05) is 41.3 Å². The van der Waals surface area contributed by atoms with Crippen LogP contribution in [0.4, 0.5) is 5.69 Å². The summed E-state index contributed by atoms with van der Waals surface area (Å²) in [6, 6.07) is 17.2. The summed E-state index contributed by atoms with van der Waals surface area (Å²) in [4.78, 5) is 41.3. The van der Waals surface area contributed by atoms with Crippen LogP contribution in [0.3, 0.4) is 0 Å². The SMILES string of the molecule is O=C(CCc1ccccc1)NC1CCN(C(=O)C2CC(=O)N(c3cccc(Cl)c3)C2)CC1. The third-order valence-electron chi connectivity index (χ3n) is 6.25. The molecule has 0 aromatic heterocycles. The van der Waals surface area contributed by atoms with Gasteiger partial charge in [-0.15, -0.1) is 0 Å². The minimum atomic E-state index is -0.335. The molecule has 2 aromatic carbocycles. The van der Waals surface area contributed by atoms with E-state index >= 15 is 0 Å². The number of piperidine rings is 1. The van der Waals surface area contributed by atoms with Gasteiger partial charge < -0.3 is 15.1 Å². The minimum absolute atomic E-state index is 0.0248. The van der Waals surface area contributed by atoms with Crippen molar-refractivity contribution in [2.24, 2.45) is 5.92 Å². The lowest BCUT2D eigenvalue weighted by Gasteiger charge is -2.33. The van der Waals surface area contributed by atoms with Gasteiger partial charge in [0.25, 0.3) is 0 Å². The Morgan fingerprint density at radius 1 is 1.03 bits per heavy atom. The molecule has 0 radical (unpaired) electrons. The van der Waals surface area contributed by atoms with Crippen LogP contribution in [0.5, 0.6) is 0 Å². The number of rotatable bonds is 6. The van der Waals surface area contributed by atoms with Gasteiger partial charge in [-0.25, -0.2) is 0 Å². The number of anilines is 1. The molecule has 2 aliphatic rings. The van der Waals surface area contributed by atoms with Crippen molar-refractivity contribution in [3.8, 4) is 0 Å². The zero-order chi connectivity index (χ0) is 22.5. The van der Waals surface area contributed by atoms with E-state index in [1.165, 1.54) is 0 Å². The van der Waals surface area contributed by atoms with Gasteiger partial charge in [0.15, 0.2) is 0 Å². The number of benzene rings is 2. The van der Waals surface area contributed by atoms with E-state index in [0.29, 0.717) is 31.1 Å². The van der Waals surface area contributed by atoms with Crippen molar-refractivity contribution in [2.45, 2.75) is 38.1 Å². The molecule has 0 spiro atoms. The summed E-state index contributed by atoms with van der Waals surface area (Å²) in [5.41, 5.74) is 1.88. The van der Waals surface area contributed by atoms with Crippen molar-refractivity contribution in [3.63, 3.8) is 0 Å². The number of nitrogens with zero attached hydrogens (tertiary/aromatic N) is 2. The molecule has 32 heavy (non-hydrogen) atoms. The van der Waals surface area contributed by atoms with Crippen LogP contribution in [0.25, 0.3) is 0 Å². The Labute approximate surface area is 193 Å². The second kappa shape index (κ2) is 10.2. The monoisotopic (exact) mass is 453 g/mol. The smallest absolute Gasteiger partial charge is 0.228 e. The second-order valence-electron chi connectivity index (χ2n) is 8.54. The van der Waals surface area contributed by atoms with Gasteiger partial charge in [-0.2, -0.15) is 0 Å². The summed E-state index contributed by atoms with van der Waals surface area (Å²) in [6.07, 6.45) is 2.89. The molecule has 2 aromatic rings. The standard InChI is InChI=1S/C25H28ClN3O3/c26-20-7-4-8-22(16-20)29-17-19(15-24(29)31)25(32)28-13-11-21(12-14-28)27-23(30)10-9-18-5-2-1-3-6-18/h1-8,16,19,21H,9-15,17H2,(H,27,30). The summed E-state index contributed by atoms with van der Waals surface area (Å²) in [5.74, 6) is -0.307. The first-order valence-electron chi connectivity index (χ1n) is 11.2. The van der Waals surface area contributed by atoms with Gasteiger partial charge in [-0.3, -0.25) is 14.4 Å². The first-order chi connectivity index (χ1) is 15.5. The van der Waals surface area contributed by atoms with E-state index in [0.717, 1.165) is 30.5 Å². The predicted molar refractivity (Wildman–Crippen MR) is 124 cm³/mol. The van der Waals surface area contributed by atoms with Crippen LogP contribution in [-0.4, -0.2) is 48.3 Å². The number of carbonyl (C=O) groups is 3. The fourth-order valence-electron chi connectivity index (χ4n) is 4.47. The Morgan fingerprint density at radius 2 is 1.78 bits per heavy atom. The summed E-state index contributed by atoms with van der Waals surface area (Å²) in [6.45, 7) is 1.59. The Kier molecular flexibility index (Phi) is 7.10. The Balaban J connectivity index is 1.23. The topological polar surface area (TPSA) is 69.7 Å². The number of hydrogen-bond donors (Lipinski definition) is 1. The van der Waals surface area contributed by atoms with Crippen LogP contribution >= 0.6 is 11.6 Å². The molecule has 2 heterocycles. The van der Waals surface area contributed by atoms with Crippen LogP contribution < -0.4 is 10.2 Å². The van der Waals surface area contributed by atoms with Gasteiger partial charge in [0.1, 0.15) is 0 Å². The average molecular weight is 454 g/mol. The quantitative estimate of drug-likeness (QED) is 0.728. The largest absolute Gasteiger partial charge is 0.353 e. The van der Waals surface area contributed by atoms with Crippen molar-refractivity contribution in [3.05, 3.63) is 65.2 Å². The van der Waals surface area contributed by atoms with E-state index in [-0.39, 0.29) is 36.1 Å². The molecule has 0 bridgehead atoms. The molecular weight excluding hydrogens is 426 g/mol. The molecule has 1 atom stereocenters. The zero-order valence-electron chi connectivity index (χ0n) is 18.0. The Morgan fingerprint density at radius 3 is 2.50 bits per heavy atom. The fourth-order valence-corrected chi connectivity index (χ4v) is 4.66. The molecule has 2 aliphatic heterocycles. The van der Waals surface area contributed by atoms with Crippen molar-refractivity contribution >= 4 is 35.0 Å². The average Bonchev–Trinajstić information content (AvgIpc) is 3.20. The molecule has 1 N–H and O–H groups in total. The Hall–Kier alpha value is -2.86. The number of aryl methyl sites for hydroxylation is 1. The summed E-state index contributed by atoms with van der Waals surface area (Å²) in [7, 11) is 0. The van der Waals surface area contributed by atoms with Gasteiger partial charge in [-0.05, 0) is 43.0 Å². The number of hydrogen-bond acceptors (Lipinski definition) is 3. The molecule has 168 valence electrons. The van der Waals surface area contributed by atoms with E-state index < -0.39 is 0 Å². The zero-order valence-corrected chi connectivity index (χ0v) is 18.8. The molecule has 0 saturated carbocycles. The molecule has 2 fully saturated rings. The van der Waals surface area contributed by atoms with Gasteiger partial charge in [0, 0.05) is 49.2 Å². The van der Waals surface area contributed by atoms with Crippen molar-refractivity contribution < 1.29 is 14.4 Å². The van der Waals surface area contributed by atoms with Crippen LogP contribution in [0.2, 0.25) is 5.02 Å². The molecule has 4 rings (SSSR count). The van der Waals surface area contributed by atoms with Gasteiger partial charge in [0.05, 0.1) is 5.92 Å². The third kappa shape index (κ3) is 5.49. The number of nitrogens with one attached hydrogen (secondary N) is 1. The van der Waals surface area contributed by atoms with Gasteiger partial charge >= 0.3 is 0 Å². The fraction of sp³-hybridized carbons (Fsp3) is 0.400. The molecule has 0 aliphatic carbocycles. The summed E-state index contributed by atoms with van der Waals surface area (Å²) < 4.78 is 0. The number of halogens is 1. The van der Waals surface area contributed by atoms with Crippen molar-refractivity contribution in [2.75, 3.05) is 24.5 Å². The van der Waals surface area contributed by atoms with Crippen LogP contribution in [0, 0.1) is 5.92 Å². The van der Waals surface area contributed by atoms with Crippen molar-refractivity contribution in [1.82, 2.24) is 10.2 Å². The lowest BCUT2D eigenvalue weighted by molar-refractivity contribution is -0.137.